The number of hydrogen-bond donors (Lipinski definition) is 4. The lowest BCUT2D eigenvalue weighted by atomic mass is 9.91. The van der Waals surface area contributed by atoms with Crippen LogP contribution in [0.15, 0.2) is 84.9 Å². The maximum Gasteiger partial charge on any atom is 0.243 e. The molecule has 1 aliphatic carbocycles. The molecule has 0 aromatic heterocycles. The first-order chi connectivity index (χ1) is 19.0. The second-order valence-electron chi connectivity index (χ2n) is 10.9. The first kappa shape index (κ1) is 25.1. The minimum absolute atomic E-state index is 0.0304. The van der Waals surface area contributed by atoms with E-state index in [1.807, 2.05) is 24.3 Å². The maximum absolute atomic E-state index is 13.7. The lowest BCUT2D eigenvalue weighted by Crippen LogP contribution is -2.49. The predicted molar refractivity (Wildman–Crippen MR) is 159 cm³/mol. The predicted octanol–water partition coefficient (Wildman–Crippen LogP) is 5.11. The monoisotopic (exact) mass is 517 g/mol. The number of rotatable bonds is 6. The molecule has 6 heteroatoms. The Hall–Kier alpha value is -4.16. The molecular weight excluding hydrogens is 482 g/mol. The van der Waals surface area contributed by atoms with Gasteiger partial charge in [0.15, 0.2) is 0 Å². The Kier molecular flexibility index (Phi) is 6.79. The van der Waals surface area contributed by atoms with Gasteiger partial charge in [-0.15, -0.1) is 0 Å². The molecule has 6 nitrogen and oxygen atoms in total. The van der Waals surface area contributed by atoms with Crippen molar-refractivity contribution in [3.05, 3.63) is 102 Å². The number of carbonyl (C=O) groups excluding carboxylic acids is 1. The Morgan fingerprint density at radius 1 is 0.897 bits per heavy atom. The molecule has 39 heavy (non-hydrogen) atoms. The molecule has 4 aromatic carbocycles. The number of nitrogens with zero attached hydrogens (tertiary/aromatic N) is 1. The highest BCUT2D eigenvalue weighted by atomic mass is 16.2. The third kappa shape index (κ3) is 5.12. The van der Waals surface area contributed by atoms with Crippen LogP contribution in [0.4, 0.5) is 5.69 Å². The fourth-order valence-electron chi connectivity index (χ4n) is 6.13. The Bertz CT molecular complexity index is 1520. The summed E-state index contributed by atoms with van der Waals surface area (Å²) in [5.41, 5.74) is 18.2. The SMILES string of the molecule is N=C(N)c1ccc2c(c1)N(Cc1cccc3cc(-c4ccccc4)ccc13)C(C(=O)N[C@H]1CC[C@H](N)CC1)C2. The van der Waals surface area contributed by atoms with Crippen LogP contribution in [0, 0.1) is 5.41 Å². The van der Waals surface area contributed by atoms with E-state index in [9.17, 15) is 4.79 Å². The molecule has 1 amide bonds. The van der Waals surface area contributed by atoms with Gasteiger partial charge in [-0.3, -0.25) is 10.2 Å². The van der Waals surface area contributed by atoms with E-state index >= 15 is 0 Å². The smallest absolute Gasteiger partial charge is 0.243 e. The van der Waals surface area contributed by atoms with Crippen molar-refractivity contribution in [3.8, 4) is 11.1 Å². The molecule has 1 heterocycles. The van der Waals surface area contributed by atoms with Gasteiger partial charge in [0.05, 0.1) is 0 Å². The average molecular weight is 518 g/mol. The molecule has 0 saturated heterocycles. The number of anilines is 1. The van der Waals surface area contributed by atoms with Gasteiger partial charge in [0.25, 0.3) is 0 Å². The summed E-state index contributed by atoms with van der Waals surface area (Å²) in [6, 6.07) is 29.3. The van der Waals surface area contributed by atoms with Gasteiger partial charge in [0.1, 0.15) is 11.9 Å². The summed E-state index contributed by atoms with van der Waals surface area (Å²) in [5.74, 6) is 0.0884. The normalized spacial score (nSPS) is 20.5. The van der Waals surface area contributed by atoms with E-state index in [1.54, 1.807) is 0 Å². The summed E-state index contributed by atoms with van der Waals surface area (Å²) in [6.07, 6.45) is 4.38. The van der Waals surface area contributed by atoms with Crippen LogP contribution >= 0.6 is 0 Å². The van der Waals surface area contributed by atoms with Crippen molar-refractivity contribution in [3.63, 3.8) is 0 Å². The molecule has 1 saturated carbocycles. The Balaban J connectivity index is 1.33. The second kappa shape index (κ2) is 10.5. The van der Waals surface area contributed by atoms with Gasteiger partial charge in [-0.1, -0.05) is 72.8 Å². The molecule has 4 aromatic rings. The van der Waals surface area contributed by atoms with E-state index in [0.717, 1.165) is 42.5 Å². The average Bonchev–Trinajstić information content (AvgIpc) is 3.32. The summed E-state index contributed by atoms with van der Waals surface area (Å²) >= 11 is 0. The van der Waals surface area contributed by atoms with Gasteiger partial charge < -0.3 is 21.7 Å². The zero-order valence-electron chi connectivity index (χ0n) is 22.1. The largest absolute Gasteiger partial charge is 0.384 e. The number of nitrogens with one attached hydrogen (secondary N) is 2. The van der Waals surface area contributed by atoms with Crippen LogP contribution in [-0.2, 0) is 17.8 Å². The van der Waals surface area contributed by atoms with Gasteiger partial charge in [-0.05, 0) is 70.8 Å². The lowest BCUT2D eigenvalue weighted by Gasteiger charge is -2.31. The third-order valence-corrected chi connectivity index (χ3v) is 8.33. The number of fused-ring (bicyclic) bond motifs is 2. The van der Waals surface area contributed by atoms with Gasteiger partial charge in [0.2, 0.25) is 5.91 Å². The van der Waals surface area contributed by atoms with Crippen LogP contribution in [0.25, 0.3) is 21.9 Å². The van der Waals surface area contributed by atoms with Crippen molar-refractivity contribution in [1.82, 2.24) is 5.32 Å². The number of nitrogen functional groups attached to an aromatic ring is 1. The number of benzene rings is 4. The van der Waals surface area contributed by atoms with E-state index in [2.05, 4.69) is 70.9 Å². The van der Waals surface area contributed by atoms with Crippen molar-refractivity contribution < 1.29 is 4.79 Å². The number of amidine groups is 1. The minimum Gasteiger partial charge on any atom is -0.384 e. The van der Waals surface area contributed by atoms with Crippen LogP contribution in [0.2, 0.25) is 0 Å². The van der Waals surface area contributed by atoms with E-state index in [-0.39, 0.29) is 29.9 Å². The molecule has 0 radical (unpaired) electrons. The Labute approximate surface area is 229 Å². The van der Waals surface area contributed by atoms with Gasteiger partial charge in [-0.25, -0.2) is 0 Å². The lowest BCUT2D eigenvalue weighted by molar-refractivity contribution is -0.123. The number of hydrogen-bond acceptors (Lipinski definition) is 4. The highest BCUT2D eigenvalue weighted by molar-refractivity contribution is 5.97. The molecule has 6 N–H and O–H groups in total. The standard InChI is InChI=1S/C33H35N5O/c34-27-12-14-28(15-13-27)37-33(39)31-18-24-9-10-25(32(35)36)19-30(24)38(31)20-26-8-4-7-23-17-22(11-16-29(23)26)21-5-2-1-3-6-21/h1-11,16-17,19,27-28,31H,12-15,18,20,34H2,(H3,35,36)(H,37,39)/t27-,28-,31?. The molecule has 0 spiro atoms. The molecule has 1 fully saturated rings. The summed E-state index contributed by atoms with van der Waals surface area (Å²) in [4.78, 5) is 15.9. The van der Waals surface area contributed by atoms with Crippen LogP contribution in [0.1, 0.15) is 42.4 Å². The Morgan fingerprint density at radius 2 is 1.69 bits per heavy atom. The topological polar surface area (TPSA) is 108 Å². The van der Waals surface area contributed by atoms with E-state index < -0.39 is 0 Å². The molecule has 1 aliphatic heterocycles. The molecule has 1 atom stereocenters. The van der Waals surface area contributed by atoms with Crippen molar-refractivity contribution in [2.24, 2.45) is 11.5 Å². The molecule has 198 valence electrons. The maximum atomic E-state index is 13.7. The van der Waals surface area contributed by atoms with Gasteiger partial charge in [0, 0.05) is 36.3 Å². The van der Waals surface area contributed by atoms with Crippen LogP contribution in [0.3, 0.4) is 0 Å². The Morgan fingerprint density at radius 3 is 2.46 bits per heavy atom. The highest BCUT2D eigenvalue weighted by Gasteiger charge is 2.36. The van der Waals surface area contributed by atoms with Crippen LogP contribution in [0.5, 0.6) is 0 Å². The molecule has 0 bridgehead atoms. The van der Waals surface area contributed by atoms with Crippen LogP contribution in [-0.4, -0.2) is 29.9 Å². The van der Waals surface area contributed by atoms with Crippen LogP contribution < -0.4 is 21.7 Å². The minimum atomic E-state index is -0.323. The fourth-order valence-corrected chi connectivity index (χ4v) is 6.13. The van der Waals surface area contributed by atoms with Crippen molar-refractivity contribution in [2.45, 2.75) is 56.8 Å². The third-order valence-electron chi connectivity index (χ3n) is 8.33. The molecule has 1 unspecified atom stereocenters. The second-order valence-corrected chi connectivity index (χ2v) is 10.9. The van der Waals surface area contributed by atoms with E-state index in [1.165, 1.54) is 21.9 Å². The molecule has 2 aliphatic rings. The zero-order valence-corrected chi connectivity index (χ0v) is 22.1. The summed E-state index contributed by atoms with van der Waals surface area (Å²) in [7, 11) is 0. The molecule has 6 rings (SSSR count). The summed E-state index contributed by atoms with van der Waals surface area (Å²) < 4.78 is 0. The summed E-state index contributed by atoms with van der Waals surface area (Å²) in [5, 5.41) is 13.7. The van der Waals surface area contributed by atoms with Crippen molar-refractivity contribution in [2.75, 3.05) is 4.90 Å². The van der Waals surface area contributed by atoms with Crippen molar-refractivity contribution >= 4 is 28.2 Å². The number of carbonyl (C=O) groups is 1. The first-order valence-corrected chi connectivity index (χ1v) is 13.8. The fraction of sp³-hybridized carbons (Fsp3) is 0.273. The number of amides is 1. The van der Waals surface area contributed by atoms with E-state index in [4.69, 9.17) is 16.9 Å². The van der Waals surface area contributed by atoms with Gasteiger partial charge >= 0.3 is 0 Å². The zero-order chi connectivity index (χ0) is 26.9. The van der Waals surface area contributed by atoms with Crippen molar-refractivity contribution in [1.29, 1.82) is 5.41 Å². The molecular formula is C33H35N5O. The quantitative estimate of drug-likeness (QED) is 0.211. The van der Waals surface area contributed by atoms with Gasteiger partial charge in [-0.2, -0.15) is 0 Å². The highest BCUT2D eigenvalue weighted by Crippen LogP contribution is 2.36. The first-order valence-electron chi connectivity index (χ1n) is 13.8. The number of nitrogens with two attached hydrogens (primary N) is 2. The van der Waals surface area contributed by atoms with E-state index in [0.29, 0.717) is 18.5 Å². The summed E-state index contributed by atoms with van der Waals surface area (Å²) in [6.45, 7) is 0.587.